The molecule has 7 nitrogen and oxygen atoms in total. The van der Waals surface area contributed by atoms with Gasteiger partial charge in [-0.05, 0) is 59.3 Å². The minimum atomic E-state index is -0.662. The molecule has 0 aromatic rings. The van der Waals surface area contributed by atoms with Crippen LogP contribution in [0.15, 0.2) is 0 Å². The molecule has 1 saturated carbocycles. The van der Waals surface area contributed by atoms with Gasteiger partial charge in [-0.25, -0.2) is 4.79 Å². The minimum absolute atomic E-state index is 0.0473. The quantitative estimate of drug-likeness (QED) is 0.771. The molecular weight excluding hydrogens is 336 g/mol. The van der Waals surface area contributed by atoms with Gasteiger partial charge in [-0.15, -0.1) is 0 Å². The number of fused-ring (bicyclic) bond motifs is 1. The zero-order valence-electron chi connectivity index (χ0n) is 16.4. The molecule has 1 aliphatic heterocycles. The monoisotopic (exact) mass is 368 g/mol. The fraction of sp³-hybridized carbons (Fsp3) is 0.842. The predicted molar refractivity (Wildman–Crippen MR) is 96.5 cm³/mol. The van der Waals surface area contributed by atoms with Gasteiger partial charge in [0.1, 0.15) is 18.2 Å². The number of esters is 1. The Hall–Kier alpha value is -1.79. The van der Waals surface area contributed by atoms with Crippen LogP contribution in [0.25, 0.3) is 0 Å². The first-order valence-corrected chi connectivity index (χ1v) is 9.67. The van der Waals surface area contributed by atoms with Crippen LogP contribution < -0.4 is 5.32 Å². The molecule has 2 rings (SSSR count). The number of amides is 2. The Morgan fingerprint density at radius 2 is 1.85 bits per heavy atom. The first kappa shape index (κ1) is 20.5. The first-order chi connectivity index (χ1) is 12.2. The molecule has 2 aliphatic rings. The highest BCUT2D eigenvalue weighted by molar-refractivity contribution is 5.89. The molecule has 3 atom stereocenters. The third-order valence-electron chi connectivity index (χ3n) is 4.97. The van der Waals surface area contributed by atoms with Crippen LogP contribution in [0, 0.1) is 5.92 Å². The van der Waals surface area contributed by atoms with Crippen LogP contribution in [0.1, 0.15) is 66.2 Å². The highest BCUT2D eigenvalue weighted by atomic mass is 16.6. The SMILES string of the molecule is CCOC(=O)CN1C(=O)C(NC(=O)OC(C)(C)C)CCC2CCCCC21. The lowest BCUT2D eigenvalue weighted by molar-refractivity contribution is -0.151. The third-order valence-corrected chi connectivity index (χ3v) is 4.97. The highest BCUT2D eigenvalue weighted by Crippen LogP contribution is 2.35. The average Bonchev–Trinajstić information content (AvgIpc) is 2.66. The van der Waals surface area contributed by atoms with Crippen molar-refractivity contribution in [3.63, 3.8) is 0 Å². The Morgan fingerprint density at radius 1 is 1.15 bits per heavy atom. The topological polar surface area (TPSA) is 84.9 Å². The maximum atomic E-state index is 13.1. The number of nitrogens with one attached hydrogen (secondary N) is 1. The first-order valence-electron chi connectivity index (χ1n) is 9.67. The number of alkyl carbamates (subject to hydrolysis) is 1. The molecule has 3 unspecified atom stereocenters. The molecule has 2 amide bonds. The third kappa shape index (κ3) is 5.61. The molecule has 0 bridgehead atoms. The van der Waals surface area contributed by atoms with Crippen molar-refractivity contribution >= 4 is 18.0 Å². The summed E-state index contributed by atoms with van der Waals surface area (Å²) >= 11 is 0. The molecule has 26 heavy (non-hydrogen) atoms. The molecular formula is C19H32N2O5. The van der Waals surface area contributed by atoms with Crippen molar-refractivity contribution in [3.05, 3.63) is 0 Å². The van der Waals surface area contributed by atoms with Gasteiger partial charge < -0.3 is 19.7 Å². The van der Waals surface area contributed by atoms with Crippen LogP contribution in [0.5, 0.6) is 0 Å². The molecule has 0 aromatic heterocycles. The number of carbonyl (C=O) groups is 3. The van der Waals surface area contributed by atoms with Gasteiger partial charge in [0.05, 0.1) is 6.61 Å². The zero-order valence-corrected chi connectivity index (χ0v) is 16.4. The molecule has 0 aromatic carbocycles. The Morgan fingerprint density at radius 3 is 2.50 bits per heavy atom. The van der Waals surface area contributed by atoms with Crippen molar-refractivity contribution in [2.45, 2.75) is 83.9 Å². The van der Waals surface area contributed by atoms with Crippen molar-refractivity contribution in [1.82, 2.24) is 10.2 Å². The van der Waals surface area contributed by atoms with Crippen molar-refractivity contribution in [2.24, 2.45) is 5.92 Å². The second kappa shape index (κ2) is 8.73. The van der Waals surface area contributed by atoms with Gasteiger partial charge in [0, 0.05) is 6.04 Å². The largest absolute Gasteiger partial charge is 0.465 e. The van der Waals surface area contributed by atoms with E-state index in [1.54, 1.807) is 32.6 Å². The lowest BCUT2D eigenvalue weighted by Crippen LogP contribution is -2.53. The van der Waals surface area contributed by atoms with E-state index >= 15 is 0 Å². The van der Waals surface area contributed by atoms with Crippen molar-refractivity contribution in [3.8, 4) is 0 Å². The molecule has 1 N–H and O–H groups in total. The normalized spacial score (nSPS) is 26.5. The van der Waals surface area contributed by atoms with Crippen LogP contribution in [0.2, 0.25) is 0 Å². The molecule has 1 saturated heterocycles. The van der Waals surface area contributed by atoms with Gasteiger partial charge >= 0.3 is 12.1 Å². The molecule has 0 radical (unpaired) electrons. The molecule has 1 aliphatic carbocycles. The summed E-state index contributed by atoms with van der Waals surface area (Å²) in [5, 5.41) is 2.71. The van der Waals surface area contributed by atoms with Gasteiger partial charge in [0.2, 0.25) is 5.91 Å². The number of likely N-dealkylation sites (tertiary alicyclic amines) is 1. The minimum Gasteiger partial charge on any atom is -0.465 e. The fourth-order valence-corrected chi connectivity index (χ4v) is 3.93. The number of ether oxygens (including phenoxy) is 2. The van der Waals surface area contributed by atoms with Gasteiger partial charge in [-0.3, -0.25) is 9.59 Å². The summed E-state index contributed by atoms with van der Waals surface area (Å²) in [6.07, 6.45) is 4.97. The molecule has 7 heteroatoms. The zero-order chi connectivity index (χ0) is 19.3. The summed E-state index contributed by atoms with van der Waals surface area (Å²) in [5.74, 6) is -0.242. The van der Waals surface area contributed by atoms with E-state index in [1.165, 1.54) is 0 Å². The predicted octanol–water partition coefficient (Wildman–Crippen LogP) is 2.62. The Bertz CT molecular complexity index is 529. The molecule has 1 heterocycles. The second-order valence-electron chi connectivity index (χ2n) is 8.16. The smallest absolute Gasteiger partial charge is 0.408 e. The summed E-state index contributed by atoms with van der Waals surface area (Å²) in [6.45, 7) is 7.32. The Balaban J connectivity index is 2.14. The average molecular weight is 368 g/mol. The molecule has 148 valence electrons. The standard InChI is InChI=1S/C19H32N2O5/c1-5-25-16(22)12-21-15-9-7-6-8-13(15)10-11-14(17(21)23)20-18(24)26-19(2,3)4/h13-15H,5-12H2,1-4H3,(H,20,24). The van der Waals surface area contributed by atoms with Gasteiger partial charge in [-0.2, -0.15) is 0 Å². The van der Waals surface area contributed by atoms with Crippen molar-refractivity contribution in [1.29, 1.82) is 0 Å². The van der Waals surface area contributed by atoms with Crippen LogP contribution >= 0.6 is 0 Å². The van der Waals surface area contributed by atoms with Crippen molar-refractivity contribution in [2.75, 3.05) is 13.2 Å². The van der Waals surface area contributed by atoms with Gasteiger partial charge in [0.25, 0.3) is 0 Å². The van der Waals surface area contributed by atoms with E-state index in [2.05, 4.69) is 5.32 Å². The number of carbonyl (C=O) groups excluding carboxylic acids is 3. The summed E-state index contributed by atoms with van der Waals surface area (Å²) in [7, 11) is 0. The van der Waals surface area contributed by atoms with Crippen LogP contribution in [0.4, 0.5) is 4.79 Å². The summed E-state index contributed by atoms with van der Waals surface area (Å²) in [5.41, 5.74) is -0.629. The van der Waals surface area contributed by atoms with E-state index in [1.807, 2.05) is 0 Å². The molecule has 2 fully saturated rings. The van der Waals surface area contributed by atoms with E-state index in [-0.39, 0.29) is 25.1 Å². The number of rotatable bonds is 4. The van der Waals surface area contributed by atoms with Crippen LogP contribution in [0.3, 0.4) is 0 Å². The van der Waals surface area contributed by atoms with E-state index in [0.29, 0.717) is 12.3 Å². The number of hydrogen-bond donors (Lipinski definition) is 1. The van der Waals surface area contributed by atoms with E-state index in [0.717, 1.165) is 32.1 Å². The van der Waals surface area contributed by atoms with Gasteiger partial charge in [-0.1, -0.05) is 12.8 Å². The highest BCUT2D eigenvalue weighted by Gasteiger charge is 2.41. The lowest BCUT2D eigenvalue weighted by atomic mass is 9.81. The van der Waals surface area contributed by atoms with E-state index in [4.69, 9.17) is 9.47 Å². The molecule has 0 spiro atoms. The lowest BCUT2D eigenvalue weighted by Gasteiger charge is -2.38. The van der Waals surface area contributed by atoms with E-state index < -0.39 is 23.7 Å². The fourth-order valence-electron chi connectivity index (χ4n) is 3.93. The van der Waals surface area contributed by atoms with Crippen molar-refractivity contribution < 1.29 is 23.9 Å². The number of nitrogens with zero attached hydrogens (tertiary/aromatic N) is 1. The summed E-state index contributed by atoms with van der Waals surface area (Å²) < 4.78 is 10.3. The second-order valence-corrected chi connectivity index (χ2v) is 8.16. The van der Waals surface area contributed by atoms with Crippen LogP contribution in [-0.4, -0.2) is 53.7 Å². The Labute approximate surface area is 155 Å². The van der Waals surface area contributed by atoms with Gasteiger partial charge in [0.15, 0.2) is 0 Å². The number of hydrogen-bond acceptors (Lipinski definition) is 5. The van der Waals surface area contributed by atoms with E-state index in [9.17, 15) is 14.4 Å². The van der Waals surface area contributed by atoms with Crippen LogP contribution in [-0.2, 0) is 19.1 Å². The maximum Gasteiger partial charge on any atom is 0.408 e. The summed E-state index contributed by atoms with van der Waals surface area (Å²) in [6, 6.07) is -0.615. The maximum absolute atomic E-state index is 13.1. The summed E-state index contributed by atoms with van der Waals surface area (Å²) in [4.78, 5) is 38.9. The Kier molecular flexibility index (Phi) is 6.89.